The minimum atomic E-state index is -1.22. The summed E-state index contributed by atoms with van der Waals surface area (Å²) in [6, 6.07) is 2.60. The Labute approximate surface area is 117 Å². The number of carboxylic acid groups (broad SMARTS) is 1. The van der Waals surface area contributed by atoms with Crippen LogP contribution in [-0.4, -0.2) is 42.6 Å². The Morgan fingerprint density at radius 1 is 1.10 bits per heavy atom. The number of rotatable bonds is 7. The van der Waals surface area contributed by atoms with Gasteiger partial charge < -0.3 is 20.5 Å². The van der Waals surface area contributed by atoms with Gasteiger partial charge in [-0.1, -0.05) is 0 Å². The van der Waals surface area contributed by atoms with E-state index in [1.54, 1.807) is 0 Å². The molecule has 21 heavy (non-hydrogen) atoms. The van der Waals surface area contributed by atoms with E-state index in [0.717, 1.165) is 12.1 Å². The van der Waals surface area contributed by atoms with Gasteiger partial charge in [-0.05, 0) is 12.1 Å². The van der Waals surface area contributed by atoms with Gasteiger partial charge in [0, 0.05) is 6.07 Å². The summed E-state index contributed by atoms with van der Waals surface area (Å²) < 4.78 is 30.6. The molecule has 1 aromatic carbocycles. The molecule has 3 N–H and O–H groups in total. The van der Waals surface area contributed by atoms with Gasteiger partial charge in [0.2, 0.25) is 5.91 Å². The topological polar surface area (TPSA) is 105 Å². The number of carboxylic acids is 1. The maximum Gasteiger partial charge on any atom is 0.322 e. The van der Waals surface area contributed by atoms with Crippen LogP contribution in [0, 0.1) is 11.6 Å². The Balaban J connectivity index is 2.31. The lowest BCUT2D eigenvalue weighted by atomic mass is 10.3. The van der Waals surface area contributed by atoms with Crippen LogP contribution in [0.25, 0.3) is 0 Å². The third-order valence-corrected chi connectivity index (χ3v) is 2.14. The summed E-state index contributed by atoms with van der Waals surface area (Å²) in [5, 5.41) is 12.5. The van der Waals surface area contributed by atoms with E-state index in [9.17, 15) is 23.2 Å². The number of aliphatic carboxylic acids is 1. The highest BCUT2D eigenvalue weighted by Crippen LogP contribution is 2.17. The van der Waals surface area contributed by atoms with Crippen LogP contribution in [-0.2, 0) is 14.4 Å². The van der Waals surface area contributed by atoms with Gasteiger partial charge in [-0.3, -0.25) is 14.4 Å². The van der Waals surface area contributed by atoms with Crippen LogP contribution in [0.5, 0.6) is 5.75 Å². The van der Waals surface area contributed by atoms with Crippen LogP contribution < -0.4 is 15.4 Å². The van der Waals surface area contributed by atoms with Gasteiger partial charge in [-0.15, -0.1) is 0 Å². The van der Waals surface area contributed by atoms with Gasteiger partial charge in [-0.25, -0.2) is 8.78 Å². The maximum absolute atomic E-state index is 13.2. The fourth-order valence-corrected chi connectivity index (χ4v) is 1.20. The van der Waals surface area contributed by atoms with Crippen molar-refractivity contribution in [2.45, 2.75) is 0 Å². The molecule has 7 nitrogen and oxygen atoms in total. The quantitative estimate of drug-likeness (QED) is 0.639. The van der Waals surface area contributed by atoms with E-state index in [0.29, 0.717) is 6.07 Å². The average molecular weight is 302 g/mol. The predicted molar refractivity (Wildman–Crippen MR) is 65.5 cm³/mol. The van der Waals surface area contributed by atoms with Crippen molar-refractivity contribution >= 4 is 17.8 Å². The van der Waals surface area contributed by atoms with Gasteiger partial charge in [0.15, 0.2) is 18.2 Å². The van der Waals surface area contributed by atoms with Gasteiger partial charge in [0.1, 0.15) is 12.4 Å². The maximum atomic E-state index is 13.2. The van der Waals surface area contributed by atoms with Crippen molar-refractivity contribution in [1.82, 2.24) is 10.6 Å². The molecule has 0 saturated heterocycles. The minimum absolute atomic E-state index is 0.304. The van der Waals surface area contributed by atoms with Gasteiger partial charge in [0.05, 0.1) is 6.54 Å². The first-order valence-corrected chi connectivity index (χ1v) is 5.71. The number of ether oxygens (including phenoxy) is 1. The van der Waals surface area contributed by atoms with Crippen LogP contribution >= 0.6 is 0 Å². The fourth-order valence-electron chi connectivity index (χ4n) is 1.20. The third kappa shape index (κ3) is 6.32. The largest absolute Gasteiger partial charge is 0.481 e. The van der Waals surface area contributed by atoms with E-state index < -0.39 is 49.1 Å². The number of amides is 2. The van der Waals surface area contributed by atoms with E-state index in [1.165, 1.54) is 0 Å². The van der Waals surface area contributed by atoms with Crippen LogP contribution in [0.2, 0.25) is 0 Å². The molecule has 1 rings (SSSR count). The molecule has 1 aromatic rings. The monoisotopic (exact) mass is 302 g/mol. The molecule has 0 aliphatic carbocycles. The van der Waals surface area contributed by atoms with Crippen LogP contribution in [0.15, 0.2) is 18.2 Å². The average Bonchev–Trinajstić information content (AvgIpc) is 2.41. The Morgan fingerprint density at radius 2 is 1.76 bits per heavy atom. The molecule has 0 heterocycles. The molecule has 0 spiro atoms. The molecule has 114 valence electrons. The van der Waals surface area contributed by atoms with Crippen molar-refractivity contribution in [2.75, 3.05) is 19.7 Å². The highest BCUT2D eigenvalue weighted by molar-refractivity contribution is 5.87. The first-order chi connectivity index (χ1) is 9.88. The lowest BCUT2D eigenvalue weighted by Crippen LogP contribution is -2.40. The number of carbonyl (C=O) groups excluding carboxylic acids is 2. The van der Waals surface area contributed by atoms with Gasteiger partial charge in [0.25, 0.3) is 5.91 Å². The van der Waals surface area contributed by atoms with Crippen LogP contribution in [0.4, 0.5) is 8.78 Å². The molecule has 0 aliphatic heterocycles. The lowest BCUT2D eigenvalue weighted by Gasteiger charge is -2.08. The molecule has 0 atom stereocenters. The van der Waals surface area contributed by atoms with Crippen LogP contribution in [0.1, 0.15) is 0 Å². The highest BCUT2D eigenvalue weighted by Gasteiger charge is 2.09. The smallest absolute Gasteiger partial charge is 0.322 e. The fraction of sp³-hybridized carbons (Fsp3) is 0.250. The summed E-state index contributed by atoms with van der Waals surface area (Å²) in [5.74, 6) is -4.67. The Kier molecular flexibility index (Phi) is 6.05. The number of nitrogens with one attached hydrogen (secondary N) is 2. The van der Waals surface area contributed by atoms with E-state index in [1.807, 2.05) is 5.32 Å². The second kappa shape index (κ2) is 7.78. The SMILES string of the molecule is O=C(O)CNC(=O)CNC(=O)COc1ccc(F)cc1F. The third-order valence-electron chi connectivity index (χ3n) is 2.14. The van der Waals surface area contributed by atoms with Crippen molar-refractivity contribution in [1.29, 1.82) is 0 Å². The highest BCUT2D eigenvalue weighted by atomic mass is 19.1. The zero-order valence-corrected chi connectivity index (χ0v) is 10.7. The van der Waals surface area contributed by atoms with Crippen molar-refractivity contribution in [2.24, 2.45) is 0 Å². The Bertz CT molecular complexity index is 550. The van der Waals surface area contributed by atoms with Crippen molar-refractivity contribution in [3.8, 4) is 5.75 Å². The number of hydrogen-bond acceptors (Lipinski definition) is 4. The Morgan fingerprint density at radius 3 is 2.38 bits per heavy atom. The second-order valence-corrected chi connectivity index (χ2v) is 3.81. The standard InChI is InChI=1S/C12H12F2N2O5/c13-7-1-2-9(8(14)3-7)21-6-11(18)15-4-10(17)16-5-12(19)20/h1-3H,4-6H2,(H,15,18)(H,16,17)(H,19,20). The first kappa shape index (κ1) is 16.3. The van der Waals surface area contributed by atoms with E-state index in [2.05, 4.69) is 5.32 Å². The normalized spacial score (nSPS) is 9.81. The Hall–Kier alpha value is -2.71. The van der Waals surface area contributed by atoms with Crippen molar-refractivity contribution < 1.29 is 33.0 Å². The molecule has 0 bridgehead atoms. The zero-order valence-electron chi connectivity index (χ0n) is 10.7. The molecule has 0 fully saturated rings. The van der Waals surface area contributed by atoms with Crippen LogP contribution in [0.3, 0.4) is 0 Å². The molecule has 9 heteroatoms. The van der Waals surface area contributed by atoms with E-state index in [-0.39, 0.29) is 5.75 Å². The molecule has 0 saturated carbocycles. The summed E-state index contributed by atoms with van der Waals surface area (Å²) in [7, 11) is 0. The number of benzene rings is 1. The van der Waals surface area contributed by atoms with Crippen molar-refractivity contribution in [3.05, 3.63) is 29.8 Å². The molecule has 0 aliphatic rings. The first-order valence-electron chi connectivity index (χ1n) is 5.71. The molecule has 0 aromatic heterocycles. The molecular weight excluding hydrogens is 290 g/mol. The number of hydrogen-bond donors (Lipinski definition) is 3. The molecule has 2 amide bonds. The lowest BCUT2D eigenvalue weighted by molar-refractivity contribution is -0.137. The molecule has 0 radical (unpaired) electrons. The van der Waals surface area contributed by atoms with E-state index >= 15 is 0 Å². The summed E-state index contributed by atoms with van der Waals surface area (Å²) >= 11 is 0. The minimum Gasteiger partial charge on any atom is -0.481 e. The summed E-state index contributed by atoms with van der Waals surface area (Å²) in [6.07, 6.45) is 0. The summed E-state index contributed by atoms with van der Waals surface area (Å²) in [4.78, 5) is 32.6. The zero-order chi connectivity index (χ0) is 15.8. The van der Waals surface area contributed by atoms with Crippen molar-refractivity contribution in [3.63, 3.8) is 0 Å². The van der Waals surface area contributed by atoms with E-state index in [4.69, 9.17) is 9.84 Å². The summed E-state index contributed by atoms with van der Waals surface area (Å²) in [5.41, 5.74) is 0. The molecular formula is C12H12F2N2O5. The number of halogens is 2. The number of carbonyl (C=O) groups is 3. The predicted octanol–water partition coefficient (Wildman–Crippen LogP) is -0.339. The molecule has 0 unspecified atom stereocenters. The second-order valence-electron chi connectivity index (χ2n) is 3.81. The van der Waals surface area contributed by atoms with Gasteiger partial charge >= 0.3 is 5.97 Å². The summed E-state index contributed by atoms with van der Waals surface area (Å²) in [6.45, 7) is -1.58. The van der Waals surface area contributed by atoms with Gasteiger partial charge in [-0.2, -0.15) is 0 Å².